The molecule has 110 valence electrons. The van der Waals surface area contributed by atoms with Crippen LogP contribution in [0.1, 0.15) is 26.5 Å². The van der Waals surface area contributed by atoms with Gasteiger partial charge in [-0.05, 0) is 32.9 Å². The highest BCUT2D eigenvalue weighted by Gasteiger charge is 2.27. The molecule has 0 aliphatic carbocycles. The number of carbonyl (C=O) groups excluding carboxylic acids is 1. The van der Waals surface area contributed by atoms with Gasteiger partial charge in [-0.3, -0.25) is 4.98 Å². The van der Waals surface area contributed by atoms with Gasteiger partial charge in [-0.15, -0.1) is 0 Å². The van der Waals surface area contributed by atoms with Gasteiger partial charge < -0.3 is 15.0 Å². The zero-order chi connectivity index (χ0) is 14.6. The Morgan fingerprint density at radius 2 is 2.30 bits per heavy atom. The average molecular weight is 277 g/mol. The summed E-state index contributed by atoms with van der Waals surface area (Å²) in [4.78, 5) is 18.2. The quantitative estimate of drug-likeness (QED) is 0.896. The van der Waals surface area contributed by atoms with E-state index in [1.807, 2.05) is 39.0 Å². The molecule has 0 spiro atoms. The van der Waals surface area contributed by atoms with E-state index >= 15 is 0 Å². The molecule has 0 aromatic carbocycles. The minimum atomic E-state index is -0.446. The standard InChI is InChI=1S/C15H23N3O2/c1-15(2,3)20-14(19)18-9-8-17-13(11-18)10-12-6-4-5-7-16-12/h4-7,13,17H,8-11H2,1-3H3. The van der Waals surface area contributed by atoms with E-state index in [9.17, 15) is 4.79 Å². The van der Waals surface area contributed by atoms with E-state index in [2.05, 4.69) is 10.3 Å². The fourth-order valence-electron chi connectivity index (χ4n) is 2.23. The van der Waals surface area contributed by atoms with Gasteiger partial charge in [0.05, 0.1) is 0 Å². The summed E-state index contributed by atoms with van der Waals surface area (Å²) in [6.45, 7) is 7.80. The lowest BCUT2D eigenvalue weighted by atomic mass is 10.1. The molecular weight excluding hydrogens is 254 g/mol. The zero-order valence-electron chi connectivity index (χ0n) is 12.4. The fourth-order valence-corrected chi connectivity index (χ4v) is 2.23. The molecule has 0 saturated carbocycles. The van der Waals surface area contributed by atoms with Crippen molar-refractivity contribution in [1.82, 2.24) is 15.2 Å². The van der Waals surface area contributed by atoms with E-state index in [1.54, 1.807) is 11.1 Å². The number of nitrogens with one attached hydrogen (secondary N) is 1. The second-order valence-electron chi connectivity index (χ2n) is 6.10. The lowest BCUT2D eigenvalue weighted by molar-refractivity contribution is 0.0195. The Bertz CT molecular complexity index is 442. The number of pyridine rings is 1. The topological polar surface area (TPSA) is 54.5 Å². The third-order valence-corrected chi connectivity index (χ3v) is 3.09. The number of piperazine rings is 1. The number of ether oxygens (including phenoxy) is 1. The van der Waals surface area contributed by atoms with Crippen molar-refractivity contribution < 1.29 is 9.53 Å². The summed E-state index contributed by atoms with van der Waals surface area (Å²) in [5.41, 5.74) is 0.592. The van der Waals surface area contributed by atoms with Crippen LogP contribution >= 0.6 is 0 Å². The van der Waals surface area contributed by atoms with Crippen LogP contribution in [-0.4, -0.2) is 47.3 Å². The largest absolute Gasteiger partial charge is 0.444 e. The van der Waals surface area contributed by atoms with Gasteiger partial charge in [-0.2, -0.15) is 0 Å². The highest BCUT2D eigenvalue weighted by atomic mass is 16.6. The smallest absolute Gasteiger partial charge is 0.410 e. The molecule has 5 heteroatoms. The minimum absolute atomic E-state index is 0.228. The summed E-state index contributed by atoms with van der Waals surface area (Å²) in [5, 5.41) is 3.43. The molecule has 0 bridgehead atoms. The van der Waals surface area contributed by atoms with Crippen molar-refractivity contribution in [3.05, 3.63) is 30.1 Å². The maximum absolute atomic E-state index is 12.1. The fraction of sp³-hybridized carbons (Fsp3) is 0.600. The van der Waals surface area contributed by atoms with E-state index in [0.717, 1.165) is 18.7 Å². The lowest BCUT2D eigenvalue weighted by Gasteiger charge is -2.34. The second kappa shape index (κ2) is 6.22. The van der Waals surface area contributed by atoms with Crippen LogP contribution in [0.25, 0.3) is 0 Å². The average Bonchev–Trinajstić information content (AvgIpc) is 2.38. The summed E-state index contributed by atoms with van der Waals surface area (Å²) in [6, 6.07) is 6.13. The van der Waals surface area contributed by atoms with Crippen LogP contribution in [0.2, 0.25) is 0 Å². The van der Waals surface area contributed by atoms with E-state index in [-0.39, 0.29) is 12.1 Å². The van der Waals surface area contributed by atoms with E-state index < -0.39 is 5.60 Å². The monoisotopic (exact) mass is 277 g/mol. The summed E-state index contributed by atoms with van der Waals surface area (Å²) in [7, 11) is 0. The molecule has 1 aliphatic heterocycles. The molecule has 1 fully saturated rings. The van der Waals surface area contributed by atoms with Gasteiger partial charge in [0.15, 0.2) is 0 Å². The first-order valence-electron chi connectivity index (χ1n) is 7.05. The van der Waals surface area contributed by atoms with Gasteiger partial charge in [0.2, 0.25) is 0 Å². The molecule has 2 heterocycles. The van der Waals surface area contributed by atoms with Crippen LogP contribution < -0.4 is 5.32 Å². The van der Waals surface area contributed by atoms with Gasteiger partial charge >= 0.3 is 6.09 Å². The van der Waals surface area contributed by atoms with Gasteiger partial charge in [0.25, 0.3) is 0 Å². The molecule has 0 radical (unpaired) electrons. The molecule has 2 rings (SSSR count). The van der Waals surface area contributed by atoms with Crippen molar-refractivity contribution in [2.24, 2.45) is 0 Å². The Morgan fingerprint density at radius 3 is 2.95 bits per heavy atom. The minimum Gasteiger partial charge on any atom is -0.444 e. The van der Waals surface area contributed by atoms with Crippen LogP contribution in [0.3, 0.4) is 0 Å². The highest BCUT2D eigenvalue weighted by molar-refractivity contribution is 5.68. The van der Waals surface area contributed by atoms with Crippen LogP contribution in [0.5, 0.6) is 0 Å². The maximum Gasteiger partial charge on any atom is 0.410 e. The third kappa shape index (κ3) is 4.49. The Labute approximate surface area is 120 Å². The lowest BCUT2D eigenvalue weighted by Crippen LogP contribution is -2.54. The van der Waals surface area contributed by atoms with Crippen LogP contribution in [0.4, 0.5) is 4.79 Å². The van der Waals surface area contributed by atoms with Crippen molar-refractivity contribution in [3.8, 4) is 0 Å². The molecular formula is C15H23N3O2. The number of nitrogens with zero attached hydrogens (tertiary/aromatic N) is 2. The summed E-state index contributed by atoms with van der Waals surface area (Å²) in [6.07, 6.45) is 2.38. The Morgan fingerprint density at radius 1 is 1.50 bits per heavy atom. The summed E-state index contributed by atoms with van der Waals surface area (Å²) < 4.78 is 5.42. The first-order chi connectivity index (χ1) is 9.44. The molecule has 1 aliphatic rings. The summed E-state index contributed by atoms with van der Waals surface area (Å²) in [5.74, 6) is 0. The second-order valence-corrected chi connectivity index (χ2v) is 6.10. The van der Waals surface area contributed by atoms with Crippen LogP contribution in [-0.2, 0) is 11.2 Å². The van der Waals surface area contributed by atoms with E-state index in [1.165, 1.54) is 0 Å². The molecule has 1 saturated heterocycles. The van der Waals surface area contributed by atoms with Gasteiger partial charge in [-0.1, -0.05) is 6.07 Å². The van der Waals surface area contributed by atoms with Gasteiger partial charge in [0.1, 0.15) is 5.60 Å². The number of carbonyl (C=O) groups is 1. The number of aromatic nitrogens is 1. The van der Waals surface area contributed by atoms with Crippen molar-refractivity contribution in [3.63, 3.8) is 0 Å². The summed E-state index contributed by atoms with van der Waals surface area (Å²) >= 11 is 0. The Kier molecular flexibility index (Phi) is 4.60. The predicted octanol–water partition coefficient (Wildman–Crippen LogP) is 1.83. The van der Waals surface area contributed by atoms with E-state index in [0.29, 0.717) is 13.1 Å². The van der Waals surface area contributed by atoms with Crippen molar-refractivity contribution in [1.29, 1.82) is 0 Å². The van der Waals surface area contributed by atoms with Gasteiger partial charge in [-0.25, -0.2) is 4.79 Å². The SMILES string of the molecule is CC(C)(C)OC(=O)N1CCNC(Cc2ccccn2)C1. The Balaban J connectivity index is 1.90. The maximum atomic E-state index is 12.1. The first kappa shape index (κ1) is 14.8. The van der Waals surface area contributed by atoms with Crippen molar-refractivity contribution in [2.45, 2.75) is 38.8 Å². The predicted molar refractivity (Wildman–Crippen MR) is 77.5 cm³/mol. The molecule has 1 atom stereocenters. The number of hydrogen-bond donors (Lipinski definition) is 1. The first-order valence-corrected chi connectivity index (χ1v) is 7.05. The number of hydrogen-bond acceptors (Lipinski definition) is 4. The molecule has 1 N–H and O–H groups in total. The van der Waals surface area contributed by atoms with Crippen LogP contribution in [0, 0.1) is 0 Å². The number of rotatable bonds is 2. The molecule has 20 heavy (non-hydrogen) atoms. The molecule has 1 unspecified atom stereocenters. The van der Waals surface area contributed by atoms with Crippen LogP contribution in [0.15, 0.2) is 24.4 Å². The highest BCUT2D eigenvalue weighted by Crippen LogP contribution is 2.12. The Hall–Kier alpha value is -1.62. The van der Waals surface area contributed by atoms with E-state index in [4.69, 9.17) is 4.74 Å². The van der Waals surface area contributed by atoms with Crippen molar-refractivity contribution >= 4 is 6.09 Å². The normalized spacial score (nSPS) is 19.8. The molecule has 1 aromatic heterocycles. The number of amides is 1. The van der Waals surface area contributed by atoms with Gasteiger partial charge in [0, 0.05) is 44.0 Å². The zero-order valence-corrected chi connectivity index (χ0v) is 12.4. The molecule has 1 aromatic rings. The van der Waals surface area contributed by atoms with Crippen molar-refractivity contribution in [2.75, 3.05) is 19.6 Å². The molecule has 5 nitrogen and oxygen atoms in total. The molecule has 1 amide bonds. The third-order valence-electron chi connectivity index (χ3n) is 3.09.